The molecule has 0 fully saturated rings. The van der Waals surface area contributed by atoms with E-state index in [0.29, 0.717) is 17.8 Å². The van der Waals surface area contributed by atoms with Gasteiger partial charge in [-0.25, -0.2) is 0 Å². The molecule has 0 aliphatic carbocycles. The van der Waals surface area contributed by atoms with Crippen LogP contribution in [-0.4, -0.2) is 24.4 Å². The number of rotatable bonds is 5. The summed E-state index contributed by atoms with van der Waals surface area (Å²) in [6.45, 7) is 2.33. The van der Waals surface area contributed by atoms with Gasteiger partial charge in [-0.1, -0.05) is 30.2 Å². The van der Waals surface area contributed by atoms with E-state index in [9.17, 15) is 9.59 Å². The lowest BCUT2D eigenvalue weighted by Gasteiger charge is -2.15. The van der Waals surface area contributed by atoms with Crippen LogP contribution in [0.2, 0.25) is 0 Å². The van der Waals surface area contributed by atoms with Crippen LogP contribution in [0, 0.1) is 12.3 Å². The second kappa shape index (κ2) is 8.39. The van der Waals surface area contributed by atoms with Gasteiger partial charge < -0.3 is 16.0 Å². The highest BCUT2D eigenvalue weighted by Gasteiger charge is 2.16. The maximum absolute atomic E-state index is 11.9. The molecule has 0 aromatic heterocycles. The summed E-state index contributed by atoms with van der Waals surface area (Å²) in [5.41, 5.74) is 2.07. The molecule has 0 bridgehead atoms. The molecule has 2 aromatic rings. The third-order valence-corrected chi connectivity index (χ3v) is 3.26. The van der Waals surface area contributed by atoms with Crippen LogP contribution in [-0.2, 0) is 9.59 Å². The standard InChI is InChI=1S/C19H19N3O2/c1-3-15-8-7-11-17(12-15)22-19(24)18(23)21-14(2)13-20-16-9-5-4-6-10-16/h1,4-12,14,20H,13H2,2H3,(H,21,23)(H,22,24)/t14-/m0/s1. The molecule has 0 aliphatic rings. The van der Waals surface area contributed by atoms with Crippen molar-refractivity contribution in [3.05, 3.63) is 60.2 Å². The van der Waals surface area contributed by atoms with E-state index < -0.39 is 11.8 Å². The Kier molecular flexibility index (Phi) is 5.98. The van der Waals surface area contributed by atoms with E-state index in [0.717, 1.165) is 5.69 Å². The SMILES string of the molecule is C#Cc1cccc(NC(=O)C(=O)N[C@@H](C)CNc2ccccc2)c1. The number of carbonyl (C=O) groups excluding carboxylic acids is 2. The summed E-state index contributed by atoms with van der Waals surface area (Å²) in [4.78, 5) is 23.9. The average molecular weight is 321 g/mol. The van der Waals surface area contributed by atoms with Crippen molar-refractivity contribution < 1.29 is 9.59 Å². The second-order valence-corrected chi connectivity index (χ2v) is 5.30. The Bertz CT molecular complexity index is 751. The van der Waals surface area contributed by atoms with E-state index in [2.05, 4.69) is 21.9 Å². The molecule has 24 heavy (non-hydrogen) atoms. The van der Waals surface area contributed by atoms with Crippen molar-refractivity contribution in [2.75, 3.05) is 17.2 Å². The van der Waals surface area contributed by atoms with Crippen LogP contribution in [0.15, 0.2) is 54.6 Å². The molecule has 5 nitrogen and oxygen atoms in total. The third kappa shape index (κ3) is 5.18. The number of nitrogens with one attached hydrogen (secondary N) is 3. The van der Waals surface area contributed by atoms with Gasteiger partial charge in [-0.2, -0.15) is 0 Å². The topological polar surface area (TPSA) is 70.2 Å². The third-order valence-electron chi connectivity index (χ3n) is 3.26. The molecule has 1 atom stereocenters. The van der Waals surface area contributed by atoms with Gasteiger partial charge in [-0.05, 0) is 37.3 Å². The van der Waals surface area contributed by atoms with Crippen molar-refractivity contribution in [1.29, 1.82) is 0 Å². The molecule has 2 rings (SSSR count). The minimum Gasteiger partial charge on any atom is -0.383 e. The summed E-state index contributed by atoms with van der Waals surface area (Å²) in [6, 6.07) is 16.2. The van der Waals surface area contributed by atoms with Crippen molar-refractivity contribution in [3.8, 4) is 12.3 Å². The first-order valence-electron chi connectivity index (χ1n) is 7.56. The van der Waals surface area contributed by atoms with Crippen LogP contribution < -0.4 is 16.0 Å². The fraction of sp³-hybridized carbons (Fsp3) is 0.158. The zero-order valence-corrected chi connectivity index (χ0v) is 13.4. The van der Waals surface area contributed by atoms with Gasteiger partial charge in [0.1, 0.15) is 0 Å². The molecular formula is C19H19N3O2. The molecule has 0 saturated heterocycles. The Morgan fingerprint density at radius 3 is 2.46 bits per heavy atom. The predicted molar refractivity (Wildman–Crippen MR) is 95.5 cm³/mol. The van der Waals surface area contributed by atoms with Crippen LogP contribution >= 0.6 is 0 Å². The molecular weight excluding hydrogens is 302 g/mol. The molecule has 2 amide bonds. The Balaban J connectivity index is 1.82. The minimum atomic E-state index is -0.726. The van der Waals surface area contributed by atoms with E-state index >= 15 is 0 Å². The maximum atomic E-state index is 11.9. The van der Waals surface area contributed by atoms with Crippen LogP contribution in [0.4, 0.5) is 11.4 Å². The monoisotopic (exact) mass is 321 g/mol. The number of para-hydroxylation sites is 1. The Labute approximate surface area is 141 Å². The molecule has 5 heteroatoms. The van der Waals surface area contributed by atoms with E-state index in [1.807, 2.05) is 37.3 Å². The summed E-state index contributed by atoms with van der Waals surface area (Å²) in [5.74, 6) is 1.06. The minimum absolute atomic E-state index is 0.208. The van der Waals surface area contributed by atoms with Crippen molar-refractivity contribution >= 4 is 23.2 Å². The van der Waals surface area contributed by atoms with E-state index in [-0.39, 0.29) is 6.04 Å². The Morgan fingerprint density at radius 2 is 1.75 bits per heavy atom. The number of carbonyl (C=O) groups is 2. The van der Waals surface area contributed by atoms with Gasteiger partial charge in [0, 0.05) is 29.5 Å². The first-order valence-corrected chi connectivity index (χ1v) is 7.56. The number of benzene rings is 2. The summed E-state index contributed by atoms with van der Waals surface area (Å²) < 4.78 is 0. The highest BCUT2D eigenvalue weighted by molar-refractivity contribution is 6.39. The summed E-state index contributed by atoms with van der Waals surface area (Å²) in [7, 11) is 0. The second-order valence-electron chi connectivity index (χ2n) is 5.30. The molecule has 3 N–H and O–H groups in total. The molecule has 0 aliphatic heterocycles. The highest BCUT2D eigenvalue weighted by atomic mass is 16.2. The molecule has 0 radical (unpaired) electrons. The molecule has 0 saturated carbocycles. The summed E-state index contributed by atoms with van der Waals surface area (Å²) >= 11 is 0. The van der Waals surface area contributed by atoms with Gasteiger partial charge in [0.05, 0.1) is 0 Å². The van der Waals surface area contributed by atoms with E-state index in [1.54, 1.807) is 24.3 Å². The number of hydrogen-bond donors (Lipinski definition) is 3. The van der Waals surface area contributed by atoms with E-state index in [1.165, 1.54) is 0 Å². The molecule has 0 spiro atoms. The van der Waals surface area contributed by atoms with Crippen LogP contribution in [0.25, 0.3) is 0 Å². The Morgan fingerprint density at radius 1 is 1.04 bits per heavy atom. The normalized spacial score (nSPS) is 11.0. The number of hydrogen-bond acceptors (Lipinski definition) is 3. The van der Waals surface area contributed by atoms with Gasteiger partial charge >= 0.3 is 11.8 Å². The zero-order valence-electron chi connectivity index (χ0n) is 13.4. The molecule has 0 heterocycles. The van der Waals surface area contributed by atoms with Gasteiger partial charge in [0.2, 0.25) is 0 Å². The number of terminal acetylenes is 1. The van der Waals surface area contributed by atoms with Crippen LogP contribution in [0.5, 0.6) is 0 Å². The maximum Gasteiger partial charge on any atom is 0.313 e. The fourth-order valence-corrected chi connectivity index (χ4v) is 2.04. The van der Waals surface area contributed by atoms with E-state index in [4.69, 9.17) is 6.42 Å². The van der Waals surface area contributed by atoms with Gasteiger partial charge in [0.15, 0.2) is 0 Å². The average Bonchev–Trinajstić information content (AvgIpc) is 2.61. The molecule has 0 unspecified atom stereocenters. The largest absolute Gasteiger partial charge is 0.383 e. The highest BCUT2D eigenvalue weighted by Crippen LogP contribution is 2.09. The summed E-state index contributed by atoms with van der Waals surface area (Å²) in [5, 5.41) is 8.36. The van der Waals surface area contributed by atoms with Gasteiger partial charge in [-0.15, -0.1) is 6.42 Å². The quantitative estimate of drug-likeness (QED) is 0.584. The Hall–Kier alpha value is -3.26. The number of amides is 2. The predicted octanol–water partition coefficient (Wildman–Crippen LogP) is 2.22. The lowest BCUT2D eigenvalue weighted by Crippen LogP contribution is -2.43. The first kappa shape index (κ1) is 17.1. The first-order chi connectivity index (χ1) is 11.6. The van der Waals surface area contributed by atoms with Gasteiger partial charge in [0.25, 0.3) is 0 Å². The lowest BCUT2D eigenvalue weighted by atomic mass is 10.2. The summed E-state index contributed by atoms with van der Waals surface area (Å²) in [6.07, 6.45) is 5.31. The molecule has 122 valence electrons. The zero-order chi connectivity index (χ0) is 17.4. The van der Waals surface area contributed by atoms with Crippen molar-refractivity contribution in [2.24, 2.45) is 0 Å². The van der Waals surface area contributed by atoms with Crippen molar-refractivity contribution in [1.82, 2.24) is 5.32 Å². The van der Waals surface area contributed by atoms with Crippen LogP contribution in [0.1, 0.15) is 12.5 Å². The van der Waals surface area contributed by atoms with Crippen molar-refractivity contribution in [2.45, 2.75) is 13.0 Å². The smallest absolute Gasteiger partial charge is 0.313 e. The van der Waals surface area contributed by atoms with Crippen LogP contribution in [0.3, 0.4) is 0 Å². The lowest BCUT2D eigenvalue weighted by molar-refractivity contribution is -0.136. The number of anilines is 2. The van der Waals surface area contributed by atoms with Gasteiger partial charge in [-0.3, -0.25) is 9.59 Å². The fourth-order valence-electron chi connectivity index (χ4n) is 2.04. The molecule has 2 aromatic carbocycles. The van der Waals surface area contributed by atoms with Crippen molar-refractivity contribution in [3.63, 3.8) is 0 Å².